The van der Waals surface area contributed by atoms with Gasteiger partial charge >= 0.3 is 0 Å². The Balaban J connectivity index is 1.91. The molecule has 0 radical (unpaired) electrons. The van der Waals surface area contributed by atoms with Gasteiger partial charge < -0.3 is 4.40 Å². The predicted molar refractivity (Wildman–Crippen MR) is 121 cm³/mol. The molecule has 0 amide bonds. The summed E-state index contributed by atoms with van der Waals surface area (Å²) in [6, 6.07) is 28.4. The summed E-state index contributed by atoms with van der Waals surface area (Å²) in [5, 5.41) is 1.96. The molecule has 0 atom stereocenters. The molecule has 0 unspecified atom stereocenters. The van der Waals surface area contributed by atoms with E-state index in [4.69, 9.17) is 0 Å². The molecule has 0 fully saturated rings. The van der Waals surface area contributed by atoms with E-state index in [9.17, 15) is 9.59 Å². The number of aryl methyl sites for hydroxylation is 1. The zero-order chi connectivity index (χ0) is 20.7. The molecule has 5 rings (SSSR count). The first-order chi connectivity index (χ1) is 14.6. The maximum atomic E-state index is 13.4. The lowest BCUT2D eigenvalue weighted by Gasteiger charge is -2.15. The minimum absolute atomic E-state index is 0.158. The second-order valence-corrected chi connectivity index (χ2v) is 7.45. The van der Waals surface area contributed by atoms with E-state index in [0.717, 1.165) is 27.4 Å². The number of carbonyl (C=O) groups is 1. The van der Waals surface area contributed by atoms with Gasteiger partial charge in [0.15, 0.2) is 5.43 Å². The Morgan fingerprint density at radius 2 is 1.50 bits per heavy atom. The molecule has 0 bridgehead atoms. The number of benzene rings is 3. The third-order valence-corrected chi connectivity index (χ3v) is 5.48. The number of aromatic nitrogens is 1. The van der Waals surface area contributed by atoms with Gasteiger partial charge in [-0.2, -0.15) is 0 Å². The average Bonchev–Trinajstić information content (AvgIpc) is 2.79. The summed E-state index contributed by atoms with van der Waals surface area (Å²) in [7, 11) is 0. The fourth-order valence-electron chi connectivity index (χ4n) is 3.97. The van der Waals surface area contributed by atoms with Crippen LogP contribution in [0.5, 0.6) is 0 Å². The lowest BCUT2D eigenvalue weighted by molar-refractivity contribution is 0.103. The van der Waals surface area contributed by atoms with Gasteiger partial charge in [-0.25, -0.2) is 0 Å². The maximum absolute atomic E-state index is 13.4. The van der Waals surface area contributed by atoms with E-state index in [2.05, 4.69) is 0 Å². The van der Waals surface area contributed by atoms with Gasteiger partial charge in [-0.05, 0) is 23.9 Å². The van der Waals surface area contributed by atoms with Gasteiger partial charge in [0.05, 0.1) is 16.8 Å². The smallest absolute Gasteiger partial charge is 0.209 e. The van der Waals surface area contributed by atoms with Crippen LogP contribution < -0.4 is 5.43 Å². The Hall–Kier alpha value is -3.98. The van der Waals surface area contributed by atoms with Crippen molar-refractivity contribution in [3.8, 4) is 11.1 Å². The highest BCUT2D eigenvalue weighted by atomic mass is 16.1. The van der Waals surface area contributed by atoms with Crippen LogP contribution in [0.1, 0.15) is 21.6 Å². The van der Waals surface area contributed by atoms with Gasteiger partial charge in [-0.3, -0.25) is 9.59 Å². The number of rotatable bonds is 3. The van der Waals surface area contributed by atoms with Gasteiger partial charge in [0.2, 0.25) is 5.78 Å². The normalized spacial score (nSPS) is 11.1. The summed E-state index contributed by atoms with van der Waals surface area (Å²) in [5.74, 6) is -0.173. The van der Waals surface area contributed by atoms with Crippen LogP contribution >= 0.6 is 0 Å². The maximum Gasteiger partial charge on any atom is 0.209 e. The highest BCUT2D eigenvalue weighted by Crippen LogP contribution is 2.29. The summed E-state index contributed by atoms with van der Waals surface area (Å²) in [4.78, 5) is 26.6. The molecule has 2 heterocycles. The first-order valence-electron chi connectivity index (χ1n) is 9.87. The summed E-state index contributed by atoms with van der Waals surface area (Å²) in [6.45, 7) is 2.02. The SMILES string of the molecule is Cc1ccc(-c2c(=O)cc(C(=O)c3ccccc3)n3ccc4ccccc4c23)cc1. The molecule has 0 saturated carbocycles. The number of hydrogen-bond donors (Lipinski definition) is 0. The van der Waals surface area contributed by atoms with Crippen molar-refractivity contribution in [3.63, 3.8) is 0 Å². The summed E-state index contributed by atoms with van der Waals surface area (Å²) >= 11 is 0. The summed E-state index contributed by atoms with van der Waals surface area (Å²) in [5.41, 5.74) is 4.10. The number of fused-ring (bicyclic) bond motifs is 3. The zero-order valence-corrected chi connectivity index (χ0v) is 16.5. The fourth-order valence-corrected chi connectivity index (χ4v) is 3.97. The van der Waals surface area contributed by atoms with E-state index in [-0.39, 0.29) is 11.2 Å². The lowest BCUT2D eigenvalue weighted by Crippen LogP contribution is -2.16. The van der Waals surface area contributed by atoms with Crippen LogP contribution in [-0.2, 0) is 0 Å². The van der Waals surface area contributed by atoms with Crippen LogP contribution in [0, 0.1) is 6.92 Å². The second kappa shape index (κ2) is 7.12. The van der Waals surface area contributed by atoms with Crippen molar-refractivity contribution >= 4 is 22.1 Å². The molecule has 0 saturated heterocycles. The van der Waals surface area contributed by atoms with Crippen LogP contribution in [0.3, 0.4) is 0 Å². The van der Waals surface area contributed by atoms with Crippen molar-refractivity contribution in [1.82, 2.24) is 4.40 Å². The van der Waals surface area contributed by atoms with Gasteiger partial charge in [0, 0.05) is 23.2 Å². The molecule has 0 aliphatic rings. The Morgan fingerprint density at radius 1 is 0.800 bits per heavy atom. The van der Waals surface area contributed by atoms with Crippen molar-refractivity contribution < 1.29 is 4.79 Å². The molecule has 30 heavy (non-hydrogen) atoms. The first kappa shape index (κ1) is 18.1. The van der Waals surface area contributed by atoms with E-state index in [1.807, 2.05) is 90.3 Å². The van der Waals surface area contributed by atoms with Gasteiger partial charge in [-0.15, -0.1) is 0 Å². The molecular formula is C27H19NO2. The number of nitrogens with zero attached hydrogens (tertiary/aromatic N) is 1. The number of carbonyl (C=O) groups excluding carboxylic acids is 1. The van der Waals surface area contributed by atoms with Gasteiger partial charge in [0.25, 0.3) is 0 Å². The highest BCUT2D eigenvalue weighted by molar-refractivity contribution is 6.11. The minimum atomic E-state index is -0.173. The largest absolute Gasteiger partial charge is 0.312 e. The lowest BCUT2D eigenvalue weighted by atomic mass is 9.97. The molecule has 0 aliphatic carbocycles. The van der Waals surface area contributed by atoms with E-state index >= 15 is 0 Å². The molecule has 3 heteroatoms. The van der Waals surface area contributed by atoms with Crippen LogP contribution in [0.15, 0.2) is 102 Å². The Morgan fingerprint density at radius 3 is 2.27 bits per heavy atom. The van der Waals surface area contributed by atoms with E-state index in [1.54, 1.807) is 12.1 Å². The topological polar surface area (TPSA) is 38.5 Å². The Kier molecular flexibility index (Phi) is 4.29. The Labute approximate surface area is 173 Å². The first-order valence-corrected chi connectivity index (χ1v) is 9.87. The highest BCUT2D eigenvalue weighted by Gasteiger charge is 2.19. The third kappa shape index (κ3) is 2.92. The summed E-state index contributed by atoms with van der Waals surface area (Å²) < 4.78 is 1.86. The quantitative estimate of drug-likeness (QED) is 0.295. The van der Waals surface area contributed by atoms with Crippen molar-refractivity contribution in [2.24, 2.45) is 0 Å². The molecule has 144 valence electrons. The van der Waals surface area contributed by atoms with Crippen LogP contribution in [0.4, 0.5) is 0 Å². The molecular weight excluding hydrogens is 370 g/mol. The number of hydrogen-bond acceptors (Lipinski definition) is 2. The average molecular weight is 389 g/mol. The number of pyridine rings is 2. The molecule has 3 nitrogen and oxygen atoms in total. The van der Waals surface area contributed by atoms with Crippen LogP contribution in [0.2, 0.25) is 0 Å². The Bertz CT molecular complexity index is 1460. The van der Waals surface area contributed by atoms with Crippen molar-refractivity contribution in [2.45, 2.75) is 6.92 Å². The van der Waals surface area contributed by atoms with E-state index in [1.165, 1.54) is 6.07 Å². The van der Waals surface area contributed by atoms with Crippen LogP contribution in [0.25, 0.3) is 27.4 Å². The molecule has 0 N–H and O–H groups in total. The van der Waals surface area contributed by atoms with E-state index in [0.29, 0.717) is 16.8 Å². The fraction of sp³-hybridized carbons (Fsp3) is 0.0370. The molecule has 5 aromatic rings. The van der Waals surface area contributed by atoms with Gasteiger partial charge in [0.1, 0.15) is 0 Å². The van der Waals surface area contributed by atoms with Crippen LogP contribution in [-0.4, -0.2) is 10.2 Å². The van der Waals surface area contributed by atoms with Crippen molar-refractivity contribution in [3.05, 3.63) is 124 Å². The third-order valence-electron chi connectivity index (χ3n) is 5.48. The molecule has 2 aromatic heterocycles. The molecule has 3 aromatic carbocycles. The van der Waals surface area contributed by atoms with Crippen molar-refractivity contribution in [1.29, 1.82) is 0 Å². The number of ketones is 1. The zero-order valence-electron chi connectivity index (χ0n) is 16.5. The van der Waals surface area contributed by atoms with Crippen molar-refractivity contribution in [2.75, 3.05) is 0 Å². The van der Waals surface area contributed by atoms with E-state index < -0.39 is 0 Å². The van der Waals surface area contributed by atoms with Gasteiger partial charge in [-0.1, -0.05) is 84.4 Å². The molecule has 0 aliphatic heterocycles. The molecule has 0 spiro atoms. The minimum Gasteiger partial charge on any atom is -0.312 e. The standard InChI is InChI=1S/C27H19NO2/c1-18-11-13-20(14-12-18)25-24(29)17-23(27(30)21-8-3-2-4-9-21)28-16-15-19-7-5-6-10-22(19)26(25)28/h2-17H,1H3. The monoisotopic (exact) mass is 389 g/mol. The second-order valence-electron chi connectivity index (χ2n) is 7.45. The predicted octanol–water partition coefficient (Wildman–Crippen LogP) is 5.66. The summed E-state index contributed by atoms with van der Waals surface area (Å²) in [6.07, 6.45) is 1.88.